The summed E-state index contributed by atoms with van der Waals surface area (Å²) < 4.78 is 0. The number of benzene rings is 1. The van der Waals surface area contributed by atoms with Crippen LogP contribution in [0.1, 0.15) is 24.6 Å². The topological polar surface area (TPSA) is 117 Å². The van der Waals surface area contributed by atoms with Crippen LogP contribution in [0.15, 0.2) is 29.4 Å². The summed E-state index contributed by atoms with van der Waals surface area (Å²) >= 11 is 1.30. The number of nitrogens with zero attached hydrogens (tertiary/aromatic N) is 4. The highest BCUT2D eigenvalue weighted by Crippen LogP contribution is 2.27. The fourth-order valence-corrected chi connectivity index (χ4v) is 3.84. The Balaban J connectivity index is 1.40. The smallest absolute Gasteiger partial charge is 0.233 e. The third-order valence-electron chi connectivity index (χ3n) is 4.38. The second-order valence-corrected chi connectivity index (χ2v) is 7.05. The summed E-state index contributed by atoms with van der Waals surface area (Å²) in [4.78, 5) is 26.5. The van der Waals surface area contributed by atoms with Crippen LogP contribution in [0, 0.1) is 0 Å². The van der Waals surface area contributed by atoms with E-state index in [9.17, 15) is 4.79 Å². The first kappa shape index (κ1) is 15.9. The molecule has 0 radical (unpaired) electrons. The first-order valence-corrected chi connectivity index (χ1v) is 9.20. The second-order valence-electron chi connectivity index (χ2n) is 6.11. The number of aromatic amines is 2. The Morgan fingerprint density at radius 2 is 2.24 bits per heavy atom. The van der Waals surface area contributed by atoms with Gasteiger partial charge in [0.15, 0.2) is 0 Å². The van der Waals surface area contributed by atoms with Crippen LogP contribution in [-0.4, -0.2) is 54.8 Å². The molecule has 1 atom stereocenters. The molecule has 0 aliphatic carbocycles. The molecule has 1 aliphatic heterocycles. The number of anilines is 1. The maximum absolute atomic E-state index is 12.5. The molecular formula is C16H19N7OS. The number of imidazole rings is 1. The predicted molar refractivity (Wildman–Crippen MR) is 96.2 cm³/mol. The van der Waals surface area contributed by atoms with E-state index in [4.69, 9.17) is 5.73 Å². The van der Waals surface area contributed by atoms with E-state index >= 15 is 0 Å². The van der Waals surface area contributed by atoms with Crippen molar-refractivity contribution in [3.05, 3.63) is 30.1 Å². The molecule has 130 valence electrons. The fraction of sp³-hybridized carbons (Fsp3) is 0.375. The predicted octanol–water partition coefficient (Wildman–Crippen LogP) is 1.76. The lowest BCUT2D eigenvalue weighted by molar-refractivity contribution is -0.129. The van der Waals surface area contributed by atoms with E-state index in [2.05, 4.69) is 25.1 Å². The molecule has 9 heteroatoms. The molecule has 0 saturated carbocycles. The van der Waals surface area contributed by atoms with Crippen LogP contribution in [0.4, 0.5) is 5.95 Å². The number of thioether (sulfide) groups is 1. The lowest BCUT2D eigenvalue weighted by Gasteiger charge is -2.31. The third-order valence-corrected chi connectivity index (χ3v) is 5.21. The molecule has 0 spiro atoms. The molecule has 4 rings (SSSR count). The first-order chi connectivity index (χ1) is 12.2. The highest BCUT2D eigenvalue weighted by Gasteiger charge is 2.26. The van der Waals surface area contributed by atoms with Crippen LogP contribution in [0.2, 0.25) is 0 Å². The molecule has 25 heavy (non-hydrogen) atoms. The van der Waals surface area contributed by atoms with Crippen LogP contribution in [0.25, 0.3) is 11.0 Å². The Bertz CT molecular complexity index is 856. The van der Waals surface area contributed by atoms with Gasteiger partial charge in [-0.05, 0) is 25.0 Å². The number of carbonyl (C=O) groups excluding carboxylic acids is 1. The maximum Gasteiger partial charge on any atom is 0.233 e. The molecule has 0 bridgehead atoms. The molecule has 3 aromatic rings. The molecule has 1 unspecified atom stereocenters. The van der Waals surface area contributed by atoms with E-state index in [0.717, 1.165) is 36.2 Å². The Labute approximate surface area is 148 Å². The summed E-state index contributed by atoms with van der Waals surface area (Å²) in [6.45, 7) is 1.47. The monoisotopic (exact) mass is 357 g/mol. The van der Waals surface area contributed by atoms with Gasteiger partial charge in [-0.2, -0.15) is 4.98 Å². The number of aromatic nitrogens is 5. The number of hydrogen-bond acceptors (Lipinski definition) is 6. The molecule has 1 aliphatic rings. The summed E-state index contributed by atoms with van der Waals surface area (Å²) in [5.74, 6) is 1.87. The van der Waals surface area contributed by atoms with Crippen molar-refractivity contribution in [3.8, 4) is 0 Å². The molecule has 4 N–H and O–H groups in total. The number of para-hydroxylation sites is 2. The van der Waals surface area contributed by atoms with Gasteiger partial charge in [0, 0.05) is 19.0 Å². The number of piperidine rings is 1. The average Bonchev–Trinajstić information content (AvgIpc) is 3.25. The number of hydrogen-bond donors (Lipinski definition) is 3. The largest absolute Gasteiger partial charge is 0.368 e. The zero-order valence-electron chi connectivity index (χ0n) is 13.6. The Hall–Kier alpha value is -2.55. The van der Waals surface area contributed by atoms with Gasteiger partial charge in [0.1, 0.15) is 5.82 Å². The van der Waals surface area contributed by atoms with Crippen LogP contribution in [0.5, 0.6) is 0 Å². The van der Waals surface area contributed by atoms with Gasteiger partial charge in [-0.3, -0.25) is 4.79 Å². The normalized spacial score (nSPS) is 17.9. The van der Waals surface area contributed by atoms with Gasteiger partial charge in [0.05, 0.1) is 16.8 Å². The van der Waals surface area contributed by atoms with Gasteiger partial charge in [-0.25, -0.2) is 10.1 Å². The van der Waals surface area contributed by atoms with Crippen LogP contribution in [-0.2, 0) is 4.79 Å². The number of amides is 1. The van der Waals surface area contributed by atoms with Crippen LogP contribution >= 0.6 is 11.8 Å². The minimum Gasteiger partial charge on any atom is -0.368 e. The summed E-state index contributed by atoms with van der Waals surface area (Å²) in [7, 11) is 0. The number of H-pyrrole nitrogens is 2. The number of carbonyl (C=O) groups is 1. The van der Waals surface area contributed by atoms with E-state index in [0.29, 0.717) is 17.5 Å². The highest BCUT2D eigenvalue weighted by molar-refractivity contribution is 7.99. The maximum atomic E-state index is 12.5. The number of rotatable bonds is 4. The summed E-state index contributed by atoms with van der Waals surface area (Å²) in [6, 6.07) is 8.00. The Kier molecular flexibility index (Phi) is 4.31. The Morgan fingerprint density at radius 3 is 3.04 bits per heavy atom. The average molecular weight is 357 g/mol. The van der Waals surface area contributed by atoms with Gasteiger partial charge in [-0.15, -0.1) is 5.10 Å². The third kappa shape index (κ3) is 3.46. The standard InChI is InChI=1S/C16H19N7OS/c17-15-20-16(22-21-15)25-9-13(24)23-7-3-4-10(8-23)14-18-11-5-1-2-6-12(11)19-14/h1-2,5-6,10H,3-4,7-9H2,(H,18,19)(H3,17,20,21,22). The molecule has 8 nitrogen and oxygen atoms in total. The Morgan fingerprint density at radius 1 is 1.36 bits per heavy atom. The van der Waals surface area contributed by atoms with Gasteiger partial charge >= 0.3 is 0 Å². The van der Waals surface area contributed by atoms with E-state index in [-0.39, 0.29) is 17.8 Å². The van der Waals surface area contributed by atoms with Crippen LogP contribution < -0.4 is 5.73 Å². The van der Waals surface area contributed by atoms with E-state index in [1.54, 1.807) is 0 Å². The number of fused-ring (bicyclic) bond motifs is 1. The van der Waals surface area contributed by atoms with Crippen molar-refractivity contribution < 1.29 is 4.79 Å². The van der Waals surface area contributed by atoms with E-state index in [1.807, 2.05) is 29.2 Å². The van der Waals surface area contributed by atoms with Crippen molar-refractivity contribution in [2.75, 3.05) is 24.6 Å². The molecule has 1 aromatic carbocycles. The lowest BCUT2D eigenvalue weighted by Crippen LogP contribution is -2.40. The number of nitrogens with one attached hydrogen (secondary N) is 2. The summed E-state index contributed by atoms with van der Waals surface area (Å²) in [5.41, 5.74) is 7.51. The van der Waals surface area contributed by atoms with Crippen LogP contribution in [0.3, 0.4) is 0 Å². The molecular weight excluding hydrogens is 338 g/mol. The van der Waals surface area contributed by atoms with Gasteiger partial charge in [-0.1, -0.05) is 23.9 Å². The number of nitrogen functional groups attached to an aromatic ring is 1. The zero-order valence-corrected chi connectivity index (χ0v) is 14.4. The van der Waals surface area contributed by atoms with Crippen molar-refractivity contribution in [2.45, 2.75) is 23.9 Å². The molecule has 1 amide bonds. The second kappa shape index (κ2) is 6.75. The zero-order chi connectivity index (χ0) is 17.2. The summed E-state index contributed by atoms with van der Waals surface area (Å²) in [6.07, 6.45) is 2.01. The molecule has 1 saturated heterocycles. The summed E-state index contributed by atoms with van der Waals surface area (Å²) in [5, 5.41) is 7.00. The molecule has 1 fully saturated rings. The van der Waals surface area contributed by atoms with Gasteiger partial charge in [0.25, 0.3) is 0 Å². The van der Waals surface area contributed by atoms with E-state index < -0.39 is 0 Å². The van der Waals surface area contributed by atoms with Crippen molar-refractivity contribution in [1.82, 2.24) is 30.0 Å². The minimum absolute atomic E-state index is 0.0918. The van der Waals surface area contributed by atoms with Crippen molar-refractivity contribution in [2.24, 2.45) is 0 Å². The van der Waals surface area contributed by atoms with Crippen molar-refractivity contribution in [3.63, 3.8) is 0 Å². The van der Waals surface area contributed by atoms with Crippen molar-refractivity contribution in [1.29, 1.82) is 0 Å². The van der Waals surface area contributed by atoms with Crippen molar-refractivity contribution >= 4 is 34.7 Å². The van der Waals surface area contributed by atoms with Gasteiger partial charge in [0.2, 0.25) is 17.0 Å². The molecule has 2 aromatic heterocycles. The first-order valence-electron chi connectivity index (χ1n) is 8.22. The van der Waals surface area contributed by atoms with Gasteiger partial charge < -0.3 is 15.6 Å². The highest BCUT2D eigenvalue weighted by atomic mass is 32.2. The SMILES string of the molecule is Nc1nc(SCC(=O)N2CCCC(c3nc4ccccc4[nH]3)C2)n[nH]1. The van der Waals surface area contributed by atoms with E-state index in [1.165, 1.54) is 11.8 Å². The fourth-order valence-electron chi connectivity index (χ4n) is 3.13. The quantitative estimate of drug-likeness (QED) is 0.613. The number of likely N-dealkylation sites (tertiary alicyclic amines) is 1. The molecule has 3 heterocycles. The lowest BCUT2D eigenvalue weighted by atomic mass is 9.97. The number of nitrogens with two attached hydrogens (primary N) is 1. The minimum atomic E-state index is 0.0918.